The van der Waals surface area contributed by atoms with Crippen molar-refractivity contribution < 1.29 is 62.1 Å². The molecule has 3 N–H and O–H groups in total. The van der Waals surface area contributed by atoms with E-state index in [1.54, 1.807) is 12.2 Å². The number of hydrogen-bond donors (Lipinski definition) is 2. The fourth-order valence-corrected chi connectivity index (χ4v) is 6.45. The van der Waals surface area contributed by atoms with Crippen molar-refractivity contribution in [3.05, 3.63) is 24.3 Å². The summed E-state index contributed by atoms with van der Waals surface area (Å²) in [5, 5.41) is 2.66. The van der Waals surface area contributed by atoms with Crippen molar-refractivity contribution in [3.8, 4) is 0 Å². The zero-order valence-electron chi connectivity index (χ0n) is 24.9. The fourth-order valence-electron chi connectivity index (χ4n) is 6.45. The van der Waals surface area contributed by atoms with Crippen LogP contribution < -0.4 is 11.1 Å². The third kappa shape index (κ3) is 5.74. The first-order valence-electron chi connectivity index (χ1n) is 14.6. The Labute approximate surface area is 261 Å². The molecule has 8 atom stereocenters. The van der Waals surface area contributed by atoms with Crippen LogP contribution >= 0.6 is 0 Å². The van der Waals surface area contributed by atoms with E-state index in [4.69, 9.17) is 18.9 Å². The predicted octanol–water partition coefficient (Wildman–Crippen LogP) is -2.00. The van der Waals surface area contributed by atoms with E-state index in [2.05, 4.69) is 15.9 Å². The zero-order chi connectivity index (χ0) is 33.3. The summed E-state index contributed by atoms with van der Waals surface area (Å²) in [6, 6.07) is 0. The van der Waals surface area contributed by atoms with Crippen LogP contribution in [0.4, 0.5) is 9.59 Å². The van der Waals surface area contributed by atoms with Crippen LogP contribution in [0, 0.1) is 23.7 Å². The molecule has 7 aliphatic rings. The first kappa shape index (κ1) is 32.7. The van der Waals surface area contributed by atoms with Gasteiger partial charge in [-0.1, -0.05) is 29.4 Å². The summed E-state index contributed by atoms with van der Waals surface area (Å²) in [5.74, 6) is -4.25. The maximum atomic E-state index is 12.3. The minimum atomic E-state index is -1.24. The molecule has 18 nitrogen and oxygen atoms in total. The average Bonchev–Trinajstić information content (AvgIpc) is 3.93. The van der Waals surface area contributed by atoms with Crippen molar-refractivity contribution in [1.82, 2.24) is 20.2 Å². The number of hydroxylamine groups is 2. The molecule has 0 aromatic carbocycles. The predicted molar refractivity (Wildman–Crippen MR) is 147 cm³/mol. The number of alkyl carbamates (subject to hydrolysis) is 1. The Kier molecular flexibility index (Phi) is 9.50. The Balaban J connectivity index is 0.000000178. The lowest BCUT2D eigenvalue weighted by molar-refractivity contribution is -0.177. The van der Waals surface area contributed by atoms with Gasteiger partial charge in [0, 0.05) is 19.9 Å². The number of nitrogens with two attached hydrogens (primary N) is 1. The lowest BCUT2D eigenvalue weighted by Crippen LogP contribution is -2.38. The summed E-state index contributed by atoms with van der Waals surface area (Å²) in [5.41, 5.74) is 4.50. The quantitative estimate of drug-likeness (QED) is 0.173. The number of nitrogens with one attached hydrogen (secondary N) is 1. The Morgan fingerprint density at radius 1 is 0.717 bits per heavy atom. The maximum absolute atomic E-state index is 12.3. The summed E-state index contributed by atoms with van der Waals surface area (Å²) in [6.07, 6.45) is 4.03. The van der Waals surface area contributed by atoms with Gasteiger partial charge in [-0.2, -0.15) is 0 Å². The molecule has 8 unspecified atom stereocenters. The second-order valence-corrected chi connectivity index (χ2v) is 10.8. The highest BCUT2D eigenvalue weighted by atomic mass is 16.8. The van der Waals surface area contributed by atoms with Crippen molar-refractivity contribution >= 4 is 47.7 Å². The van der Waals surface area contributed by atoms with Gasteiger partial charge in [-0.05, 0) is 7.05 Å². The van der Waals surface area contributed by atoms with Crippen molar-refractivity contribution in [3.63, 3.8) is 0 Å². The maximum Gasteiger partial charge on any atom is 0.534 e. The number of amides is 7. The molecule has 0 aromatic rings. The molecule has 7 heterocycles. The second-order valence-electron chi connectivity index (χ2n) is 10.8. The number of fused-ring (bicyclic) bond motifs is 10. The van der Waals surface area contributed by atoms with Crippen LogP contribution in [0.1, 0.15) is 12.8 Å². The Bertz CT molecular complexity index is 1320. The molecule has 0 radical (unpaired) electrons. The molecule has 5 saturated heterocycles. The fraction of sp³-hybridized carbons (Fsp3) is 0.571. The first-order valence-corrected chi connectivity index (χ1v) is 14.6. The molecule has 4 bridgehead atoms. The lowest BCUT2D eigenvalue weighted by Gasteiger charge is -2.17. The topological polar surface area (TPSA) is 230 Å². The van der Waals surface area contributed by atoms with Crippen LogP contribution in [0.3, 0.4) is 0 Å². The summed E-state index contributed by atoms with van der Waals surface area (Å²) in [7, 11) is 2.94. The SMILES string of the molecule is CN.CNC(=O)OCCN1C(=O)C2C3C=CC(O3)C2C1=O.O=C(OCCN1C(=O)C2C3C=CC(O3)C2C1=O)ON1C(=O)CCC1=O. The normalized spacial score (nSPS) is 32.4. The van der Waals surface area contributed by atoms with Crippen molar-refractivity contribution in [2.75, 3.05) is 40.4 Å². The van der Waals surface area contributed by atoms with E-state index in [9.17, 15) is 38.4 Å². The van der Waals surface area contributed by atoms with E-state index in [0.717, 1.165) is 4.90 Å². The van der Waals surface area contributed by atoms with E-state index in [0.29, 0.717) is 5.06 Å². The number of carbonyl (C=O) groups excluding carboxylic acids is 8. The minimum Gasteiger partial charge on any atom is -0.448 e. The number of imide groups is 3. The largest absolute Gasteiger partial charge is 0.534 e. The van der Waals surface area contributed by atoms with Gasteiger partial charge in [-0.15, -0.1) is 0 Å². The van der Waals surface area contributed by atoms with Gasteiger partial charge < -0.3 is 30.0 Å². The van der Waals surface area contributed by atoms with Crippen molar-refractivity contribution in [2.24, 2.45) is 29.4 Å². The van der Waals surface area contributed by atoms with Crippen LogP contribution in [0.15, 0.2) is 24.3 Å². The van der Waals surface area contributed by atoms with Gasteiger partial charge in [0.1, 0.15) is 13.2 Å². The summed E-state index contributed by atoms with van der Waals surface area (Å²) >= 11 is 0. The summed E-state index contributed by atoms with van der Waals surface area (Å²) in [4.78, 5) is 101. The number of hydrogen-bond acceptors (Lipinski definition) is 14. The molecule has 248 valence electrons. The molecule has 7 rings (SSSR count). The van der Waals surface area contributed by atoms with Gasteiger partial charge >= 0.3 is 12.2 Å². The summed E-state index contributed by atoms with van der Waals surface area (Å²) in [6.45, 7) is -0.325. The highest BCUT2D eigenvalue weighted by Crippen LogP contribution is 2.46. The molecule has 0 aromatic heterocycles. The molecular weight excluding hydrogens is 614 g/mol. The van der Waals surface area contributed by atoms with E-state index in [1.807, 2.05) is 12.2 Å². The number of ether oxygens (including phenoxy) is 4. The van der Waals surface area contributed by atoms with Crippen LogP contribution in [-0.2, 0) is 52.6 Å². The zero-order valence-corrected chi connectivity index (χ0v) is 24.9. The van der Waals surface area contributed by atoms with Crippen LogP contribution in [0.2, 0.25) is 0 Å². The standard InChI is InChI=1S/C15H14N2O8.C12H14N2O5.CH5N/c18-9-3-4-10(19)17(9)25-15(22)23-6-5-16-13(20)11-7-1-2-8(24-7)12(11)14(16)21;1-13-12(17)18-5-4-14-10(15)8-6-2-3-7(19-6)9(8)11(14)16;1-2/h1-2,7-8,11-12H,3-6H2;2-3,6-9H,4-5H2,1H3,(H,13,17);2H2,1H3. The van der Waals surface area contributed by atoms with Gasteiger partial charge in [0.05, 0.1) is 61.2 Å². The lowest BCUT2D eigenvalue weighted by atomic mass is 9.85. The molecule has 5 fully saturated rings. The molecule has 0 saturated carbocycles. The van der Waals surface area contributed by atoms with Gasteiger partial charge in [-0.25, -0.2) is 9.59 Å². The van der Waals surface area contributed by atoms with Crippen LogP contribution in [0.25, 0.3) is 0 Å². The van der Waals surface area contributed by atoms with E-state index < -0.39 is 47.7 Å². The molecular formula is C28H33N5O13. The Hall–Kier alpha value is -4.68. The van der Waals surface area contributed by atoms with Gasteiger partial charge in [-0.3, -0.25) is 43.4 Å². The number of likely N-dealkylation sites (tertiary alicyclic amines) is 2. The summed E-state index contributed by atoms with van der Waals surface area (Å²) < 4.78 is 20.6. The first-order chi connectivity index (χ1) is 22.1. The van der Waals surface area contributed by atoms with E-state index >= 15 is 0 Å². The van der Waals surface area contributed by atoms with Crippen LogP contribution in [-0.4, -0.2) is 127 Å². The van der Waals surface area contributed by atoms with Crippen LogP contribution in [0.5, 0.6) is 0 Å². The molecule has 46 heavy (non-hydrogen) atoms. The minimum absolute atomic E-state index is 0.000211. The highest BCUT2D eigenvalue weighted by Gasteiger charge is 2.61. The molecule has 7 amide bonds. The number of rotatable bonds is 7. The molecule has 0 aliphatic carbocycles. The smallest absolute Gasteiger partial charge is 0.448 e. The van der Waals surface area contributed by atoms with E-state index in [-0.39, 0.29) is 87.2 Å². The Morgan fingerprint density at radius 3 is 1.46 bits per heavy atom. The third-order valence-electron chi connectivity index (χ3n) is 8.46. The monoisotopic (exact) mass is 647 g/mol. The molecule has 0 spiro atoms. The molecule has 7 aliphatic heterocycles. The number of carbonyl (C=O) groups is 8. The third-order valence-corrected chi connectivity index (χ3v) is 8.46. The van der Waals surface area contributed by atoms with Gasteiger partial charge in [0.2, 0.25) is 23.6 Å². The van der Waals surface area contributed by atoms with Gasteiger partial charge in [0.25, 0.3) is 11.8 Å². The highest BCUT2D eigenvalue weighted by molar-refractivity contribution is 6.07. The molecule has 18 heteroatoms. The average molecular weight is 648 g/mol. The van der Waals surface area contributed by atoms with Crippen molar-refractivity contribution in [1.29, 1.82) is 0 Å². The van der Waals surface area contributed by atoms with Gasteiger partial charge in [0.15, 0.2) is 0 Å². The number of nitrogens with zero attached hydrogens (tertiary/aromatic N) is 3. The van der Waals surface area contributed by atoms with Crippen molar-refractivity contribution in [2.45, 2.75) is 37.3 Å². The Morgan fingerprint density at radius 2 is 1.09 bits per heavy atom. The van der Waals surface area contributed by atoms with E-state index in [1.165, 1.54) is 19.0 Å². The second kappa shape index (κ2) is 13.4.